The van der Waals surface area contributed by atoms with Gasteiger partial charge >= 0.3 is 0 Å². The van der Waals surface area contributed by atoms with Crippen molar-refractivity contribution < 1.29 is 0 Å². The minimum absolute atomic E-state index is 0.327. The lowest BCUT2D eigenvalue weighted by molar-refractivity contribution is 1.01. The van der Waals surface area contributed by atoms with Gasteiger partial charge in [0.15, 0.2) is 5.65 Å². The van der Waals surface area contributed by atoms with Crippen LogP contribution in [0.15, 0.2) is 65.9 Å². The topological polar surface area (TPSA) is 91.7 Å². The Morgan fingerprint density at radius 2 is 1.85 bits per heavy atom. The maximum absolute atomic E-state index is 4.44. The predicted molar refractivity (Wildman–Crippen MR) is 102 cm³/mol. The van der Waals surface area contributed by atoms with Gasteiger partial charge in [0.2, 0.25) is 0 Å². The van der Waals surface area contributed by atoms with Crippen LogP contribution in [0.1, 0.15) is 5.56 Å². The van der Waals surface area contributed by atoms with E-state index in [2.05, 4.69) is 35.7 Å². The number of aromatic nitrogens is 5. The van der Waals surface area contributed by atoms with Gasteiger partial charge in [-0.05, 0) is 12.1 Å². The van der Waals surface area contributed by atoms with Crippen LogP contribution in [0.3, 0.4) is 0 Å². The molecule has 0 radical (unpaired) electrons. The van der Waals surface area contributed by atoms with Crippen LogP contribution in [0.25, 0.3) is 33.0 Å². The van der Waals surface area contributed by atoms with E-state index in [-0.39, 0.29) is 0 Å². The summed E-state index contributed by atoms with van der Waals surface area (Å²) in [7, 11) is 0. The highest BCUT2D eigenvalue weighted by molar-refractivity contribution is 6.03. The number of pyridine rings is 1. The minimum Gasteiger partial charge on any atom is -0.338 e. The number of hydrogen-bond donors (Lipinski definition) is 2. The first-order chi connectivity index (χ1) is 12.9. The molecule has 0 unspecified atom stereocenters. The highest BCUT2D eigenvalue weighted by atomic mass is 15.4. The molecular formula is C19H13N7. The zero-order chi connectivity index (χ0) is 17.3. The summed E-state index contributed by atoms with van der Waals surface area (Å²) >= 11 is 0. The number of para-hydroxylation sites is 2. The van der Waals surface area contributed by atoms with E-state index in [0.29, 0.717) is 11.6 Å². The number of nitrogens with one attached hydrogen (secondary N) is 2. The van der Waals surface area contributed by atoms with E-state index in [4.69, 9.17) is 0 Å². The highest BCUT2D eigenvalue weighted by Gasteiger charge is 2.08. The lowest BCUT2D eigenvalue weighted by atomic mass is 10.1. The number of hydrazone groups is 1. The number of benzene rings is 2. The van der Waals surface area contributed by atoms with Crippen molar-refractivity contribution in [3.05, 3.63) is 66.4 Å². The van der Waals surface area contributed by atoms with Crippen LogP contribution >= 0.6 is 0 Å². The number of hydrogen-bond acceptors (Lipinski definition) is 6. The zero-order valence-corrected chi connectivity index (χ0v) is 13.6. The second-order valence-electron chi connectivity index (χ2n) is 5.80. The van der Waals surface area contributed by atoms with Gasteiger partial charge in [-0.1, -0.05) is 42.5 Å². The van der Waals surface area contributed by atoms with Crippen molar-refractivity contribution in [3.63, 3.8) is 0 Å². The Bertz CT molecular complexity index is 1270. The van der Waals surface area contributed by atoms with Crippen molar-refractivity contribution in [1.29, 1.82) is 0 Å². The molecule has 0 spiro atoms. The Labute approximate surface area is 147 Å². The normalized spacial score (nSPS) is 11.7. The minimum atomic E-state index is 0.327. The molecular weight excluding hydrogens is 326 g/mol. The monoisotopic (exact) mass is 339 g/mol. The van der Waals surface area contributed by atoms with Crippen LogP contribution in [0.4, 0.5) is 5.95 Å². The van der Waals surface area contributed by atoms with Gasteiger partial charge in [-0.15, -0.1) is 10.2 Å². The first-order valence-electron chi connectivity index (χ1n) is 8.12. The van der Waals surface area contributed by atoms with Gasteiger partial charge < -0.3 is 4.98 Å². The van der Waals surface area contributed by atoms with Crippen LogP contribution in [0, 0.1) is 0 Å². The van der Waals surface area contributed by atoms with Gasteiger partial charge in [0.25, 0.3) is 5.95 Å². The number of H-pyrrole nitrogens is 1. The standard InChI is InChI=1S/C19H13N7/c1-2-9-15-14(8-1)17-18(22-15)23-19(26-24-17)25-21-11-13-6-3-5-12-7-4-10-20-16(12)13/h1-11H,(H2,22,23,25,26). The molecule has 2 N–H and O–H groups in total. The Hall–Kier alpha value is -3.87. The fraction of sp³-hybridized carbons (Fsp3) is 0. The number of anilines is 1. The van der Waals surface area contributed by atoms with Gasteiger partial charge in [0.05, 0.1) is 11.7 Å². The smallest absolute Gasteiger partial charge is 0.265 e. The number of rotatable bonds is 3. The van der Waals surface area contributed by atoms with Crippen LogP contribution in [-0.2, 0) is 0 Å². The molecule has 3 aromatic heterocycles. The lowest BCUT2D eigenvalue weighted by Crippen LogP contribution is -1.99. The molecule has 0 bridgehead atoms. The van der Waals surface area contributed by atoms with Crippen molar-refractivity contribution in [1.82, 2.24) is 25.1 Å². The zero-order valence-electron chi connectivity index (χ0n) is 13.6. The van der Waals surface area contributed by atoms with Crippen LogP contribution in [0.5, 0.6) is 0 Å². The van der Waals surface area contributed by atoms with E-state index < -0.39 is 0 Å². The van der Waals surface area contributed by atoms with Crippen molar-refractivity contribution in [3.8, 4) is 0 Å². The molecule has 7 heteroatoms. The molecule has 0 saturated carbocycles. The largest absolute Gasteiger partial charge is 0.338 e. The molecule has 0 aliphatic heterocycles. The van der Waals surface area contributed by atoms with Gasteiger partial charge in [-0.3, -0.25) is 4.98 Å². The Morgan fingerprint density at radius 1 is 0.923 bits per heavy atom. The molecule has 124 valence electrons. The maximum Gasteiger partial charge on any atom is 0.265 e. The van der Waals surface area contributed by atoms with Crippen molar-refractivity contribution in [2.24, 2.45) is 5.10 Å². The fourth-order valence-electron chi connectivity index (χ4n) is 2.96. The van der Waals surface area contributed by atoms with Gasteiger partial charge in [-0.25, -0.2) is 5.43 Å². The molecule has 0 atom stereocenters. The highest BCUT2D eigenvalue weighted by Crippen LogP contribution is 2.21. The fourth-order valence-corrected chi connectivity index (χ4v) is 2.96. The van der Waals surface area contributed by atoms with Crippen LogP contribution in [-0.4, -0.2) is 31.4 Å². The first-order valence-corrected chi connectivity index (χ1v) is 8.12. The van der Waals surface area contributed by atoms with E-state index in [9.17, 15) is 0 Å². The van der Waals surface area contributed by atoms with E-state index in [0.717, 1.165) is 32.9 Å². The predicted octanol–water partition coefficient (Wildman–Crippen LogP) is 3.50. The third-order valence-electron chi connectivity index (χ3n) is 4.15. The third-order valence-corrected chi connectivity index (χ3v) is 4.15. The molecule has 3 heterocycles. The summed E-state index contributed by atoms with van der Waals surface area (Å²) in [5, 5.41) is 14.6. The van der Waals surface area contributed by atoms with Crippen LogP contribution in [0.2, 0.25) is 0 Å². The third kappa shape index (κ3) is 2.42. The Kier molecular flexibility index (Phi) is 3.28. The summed E-state index contributed by atoms with van der Waals surface area (Å²) in [5.74, 6) is 0.327. The molecule has 7 nitrogen and oxygen atoms in total. The summed E-state index contributed by atoms with van der Waals surface area (Å²) in [6.45, 7) is 0. The van der Waals surface area contributed by atoms with Gasteiger partial charge in [0.1, 0.15) is 5.52 Å². The SMILES string of the molecule is C(=NNc1nnc2c(n1)[nH]c1ccccc12)c1cccc2cccnc12. The van der Waals surface area contributed by atoms with Gasteiger partial charge in [0, 0.05) is 28.0 Å². The lowest BCUT2D eigenvalue weighted by Gasteiger charge is -2.00. The molecule has 0 amide bonds. The molecule has 2 aromatic carbocycles. The summed E-state index contributed by atoms with van der Waals surface area (Å²) in [6, 6.07) is 17.8. The van der Waals surface area contributed by atoms with Crippen LogP contribution < -0.4 is 5.43 Å². The van der Waals surface area contributed by atoms with Crippen molar-refractivity contribution in [2.75, 3.05) is 5.43 Å². The molecule has 0 aliphatic carbocycles. The van der Waals surface area contributed by atoms with Crippen molar-refractivity contribution >= 4 is 45.1 Å². The summed E-state index contributed by atoms with van der Waals surface area (Å²) in [5.41, 5.74) is 7.03. The second-order valence-corrected chi connectivity index (χ2v) is 5.80. The molecule has 0 saturated heterocycles. The van der Waals surface area contributed by atoms with Crippen molar-refractivity contribution in [2.45, 2.75) is 0 Å². The number of nitrogens with zero attached hydrogens (tertiary/aromatic N) is 5. The molecule has 0 aliphatic rings. The van der Waals surface area contributed by atoms with E-state index in [1.165, 1.54) is 0 Å². The molecule has 5 aromatic rings. The first kappa shape index (κ1) is 14.5. The Balaban J connectivity index is 1.45. The number of aromatic amines is 1. The average molecular weight is 339 g/mol. The van der Waals surface area contributed by atoms with E-state index in [1.807, 2.05) is 54.6 Å². The summed E-state index contributed by atoms with van der Waals surface area (Å²) in [6.07, 6.45) is 3.47. The maximum atomic E-state index is 4.44. The average Bonchev–Trinajstić information content (AvgIpc) is 3.06. The molecule has 5 rings (SSSR count). The van der Waals surface area contributed by atoms with E-state index >= 15 is 0 Å². The summed E-state index contributed by atoms with van der Waals surface area (Å²) < 4.78 is 0. The van der Waals surface area contributed by atoms with Gasteiger partial charge in [-0.2, -0.15) is 10.1 Å². The Morgan fingerprint density at radius 3 is 2.85 bits per heavy atom. The molecule has 0 fully saturated rings. The quantitative estimate of drug-likeness (QED) is 0.388. The van der Waals surface area contributed by atoms with E-state index in [1.54, 1.807) is 12.4 Å². The number of fused-ring (bicyclic) bond motifs is 4. The molecule has 26 heavy (non-hydrogen) atoms. The second kappa shape index (κ2) is 5.89. The summed E-state index contributed by atoms with van der Waals surface area (Å²) in [4.78, 5) is 12.1.